The van der Waals surface area contributed by atoms with Crippen LogP contribution in [0.4, 0.5) is 11.5 Å². The minimum atomic E-state index is 0.0223. The van der Waals surface area contributed by atoms with Crippen molar-refractivity contribution >= 4 is 17.3 Å². The van der Waals surface area contributed by atoms with Gasteiger partial charge in [-0.25, -0.2) is 0 Å². The van der Waals surface area contributed by atoms with E-state index in [0.29, 0.717) is 11.4 Å². The topological polar surface area (TPSA) is 78.9 Å². The Hall–Kier alpha value is -2.43. The van der Waals surface area contributed by atoms with Crippen molar-refractivity contribution in [1.82, 2.24) is 10.2 Å². The number of benzene rings is 1. The Balaban J connectivity index is 2.12. The highest BCUT2D eigenvalue weighted by molar-refractivity contribution is 6.00. The van der Waals surface area contributed by atoms with E-state index in [4.69, 9.17) is 11.1 Å². The van der Waals surface area contributed by atoms with Gasteiger partial charge in [0.25, 0.3) is 0 Å². The summed E-state index contributed by atoms with van der Waals surface area (Å²) in [7, 11) is 0. The predicted octanol–water partition coefficient (Wildman–Crippen LogP) is 2.15. The average Bonchev–Trinajstić information content (AvgIpc) is 2.46. The van der Waals surface area contributed by atoms with E-state index >= 15 is 0 Å². The van der Waals surface area contributed by atoms with Gasteiger partial charge in [0.05, 0.1) is 11.8 Å². The Bertz CT molecular complexity index is 665. The van der Waals surface area contributed by atoms with E-state index in [2.05, 4.69) is 40.2 Å². The Labute approximate surface area is 118 Å². The molecule has 2 heterocycles. The van der Waals surface area contributed by atoms with E-state index in [1.54, 1.807) is 12.3 Å². The summed E-state index contributed by atoms with van der Waals surface area (Å²) >= 11 is 0. The Kier molecular flexibility index (Phi) is 3.10. The van der Waals surface area contributed by atoms with Crippen LogP contribution in [-0.4, -0.2) is 22.6 Å². The number of aromatic nitrogens is 2. The summed E-state index contributed by atoms with van der Waals surface area (Å²) in [5.74, 6) is 0.693. The molecular weight excluding hydrogens is 250 g/mol. The normalized spacial score (nSPS) is 13.9. The summed E-state index contributed by atoms with van der Waals surface area (Å²) < 4.78 is 0. The van der Waals surface area contributed by atoms with Crippen LogP contribution in [0, 0.1) is 12.3 Å². The lowest BCUT2D eigenvalue weighted by atomic mass is 9.99. The molecule has 0 spiro atoms. The molecule has 1 aliphatic rings. The van der Waals surface area contributed by atoms with E-state index < -0.39 is 0 Å². The highest BCUT2D eigenvalue weighted by Crippen LogP contribution is 2.34. The van der Waals surface area contributed by atoms with E-state index in [-0.39, 0.29) is 5.84 Å². The van der Waals surface area contributed by atoms with Gasteiger partial charge in [0, 0.05) is 12.2 Å². The largest absolute Gasteiger partial charge is 0.384 e. The summed E-state index contributed by atoms with van der Waals surface area (Å²) in [4.78, 5) is 2.11. The predicted molar refractivity (Wildman–Crippen MR) is 79.6 cm³/mol. The molecule has 102 valence electrons. The highest BCUT2D eigenvalue weighted by atomic mass is 15.3. The fourth-order valence-corrected chi connectivity index (χ4v) is 2.68. The van der Waals surface area contributed by atoms with Gasteiger partial charge in [0.1, 0.15) is 5.84 Å². The molecule has 0 atom stereocenters. The maximum Gasteiger partial charge on any atom is 0.166 e. The number of nitrogens with zero attached hydrogens (tertiary/aromatic N) is 3. The number of hydrogen-bond donors (Lipinski definition) is 2. The highest BCUT2D eigenvalue weighted by Gasteiger charge is 2.22. The molecule has 0 bridgehead atoms. The second kappa shape index (κ2) is 4.92. The van der Waals surface area contributed by atoms with Gasteiger partial charge < -0.3 is 10.6 Å². The number of rotatable bonds is 2. The smallest absolute Gasteiger partial charge is 0.166 e. The van der Waals surface area contributed by atoms with Crippen LogP contribution in [0.5, 0.6) is 0 Å². The van der Waals surface area contributed by atoms with Gasteiger partial charge in [-0.05, 0) is 37.5 Å². The molecule has 1 aromatic heterocycles. The first-order chi connectivity index (χ1) is 9.66. The molecule has 2 aromatic rings. The second-order valence-corrected chi connectivity index (χ2v) is 5.07. The molecule has 5 nitrogen and oxygen atoms in total. The number of aryl methyl sites for hydroxylation is 2. The first-order valence-corrected chi connectivity index (χ1v) is 6.70. The molecule has 0 radical (unpaired) electrons. The Morgan fingerprint density at radius 2 is 2.20 bits per heavy atom. The van der Waals surface area contributed by atoms with Crippen LogP contribution in [0.15, 0.2) is 30.5 Å². The number of nitrogens with one attached hydrogen (secondary N) is 1. The van der Waals surface area contributed by atoms with Crippen LogP contribution in [-0.2, 0) is 6.42 Å². The standard InChI is InChI=1S/C15H17N5/c1-10-4-5-13-11(9-10)3-2-8-20(13)15-12(14(16)17)6-7-18-19-15/h4-7,9H,2-3,8H2,1H3,(H3,16,17). The molecule has 0 saturated heterocycles. The number of hydrogen-bond acceptors (Lipinski definition) is 4. The third-order valence-corrected chi connectivity index (χ3v) is 3.60. The molecule has 20 heavy (non-hydrogen) atoms. The number of fused-ring (bicyclic) bond motifs is 1. The Morgan fingerprint density at radius 3 is 3.00 bits per heavy atom. The average molecular weight is 267 g/mol. The van der Waals surface area contributed by atoms with Gasteiger partial charge in [-0.2, -0.15) is 5.10 Å². The molecular formula is C15H17N5. The van der Waals surface area contributed by atoms with E-state index in [9.17, 15) is 0 Å². The molecule has 0 fully saturated rings. The molecule has 3 N–H and O–H groups in total. The Morgan fingerprint density at radius 1 is 1.35 bits per heavy atom. The number of anilines is 2. The quantitative estimate of drug-likeness (QED) is 0.645. The van der Waals surface area contributed by atoms with Crippen molar-refractivity contribution in [3.8, 4) is 0 Å². The minimum Gasteiger partial charge on any atom is -0.384 e. The van der Waals surface area contributed by atoms with Crippen LogP contribution in [0.3, 0.4) is 0 Å². The van der Waals surface area contributed by atoms with Crippen molar-refractivity contribution in [2.75, 3.05) is 11.4 Å². The summed E-state index contributed by atoms with van der Waals surface area (Å²) in [6.45, 7) is 2.97. The molecule has 0 unspecified atom stereocenters. The monoisotopic (exact) mass is 267 g/mol. The van der Waals surface area contributed by atoms with Crippen LogP contribution in [0.1, 0.15) is 23.1 Å². The lowest BCUT2D eigenvalue weighted by Crippen LogP contribution is -2.28. The lowest BCUT2D eigenvalue weighted by molar-refractivity contribution is 0.751. The van der Waals surface area contributed by atoms with Gasteiger partial charge in [0.2, 0.25) is 0 Å². The molecule has 0 saturated carbocycles. The number of nitrogens with two attached hydrogens (primary N) is 1. The van der Waals surface area contributed by atoms with Gasteiger partial charge in [-0.3, -0.25) is 5.41 Å². The van der Waals surface area contributed by atoms with Crippen molar-refractivity contribution in [2.45, 2.75) is 19.8 Å². The molecule has 3 rings (SSSR count). The molecule has 0 amide bonds. The summed E-state index contributed by atoms with van der Waals surface area (Å²) in [5, 5.41) is 15.8. The number of nitrogen functional groups attached to an aromatic ring is 1. The maximum absolute atomic E-state index is 7.70. The first kappa shape index (κ1) is 12.6. The SMILES string of the molecule is Cc1ccc2c(c1)CCCN2c1nnccc1C(=N)N. The summed E-state index contributed by atoms with van der Waals surface area (Å²) in [6.07, 6.45) is 3.70. The zero-order valence-corrected chi connectivity index (χ0v) is 11.4. The van der Waals surface area contributed by atoms with Gasteiger partial charge in [0.15, 0.2) is 5.82 Å². The molecule has 5 heteroatoms. The van der Waals surface area contributed by atoms with Crippen LogP contribution in [0.25, 0.3) is 0 Å². The maximum atomic E-state index is 7.70. The lowest BCUT2D eigenvalue weighted by Gasteiger charge is -2.31. The number of amidine groups is 1. The van der Waals surface area contributed by atoms with Gasteiger partial charge in [-0.15, -0.1) is 5.10 Å². The summed E-state index contributed by atoms with van der Waals surface area (Å²) in [6, 6.07) is 8.17. The van der Waals surface area contributed by atoms with Crippen LogP contribution >= 0.6 is 0 Å². The molecule has 0 aliphatic carbocycles. The summed E-state index contributed by atoms with van der Waals surface area (Å²) in [5.41, 5.74) is 10.0. The van der Waals surface area contributed by atoms with Crippen molar-refractivity contribution in [3.63, 3.8) is 0 Å². The fourth-order valence-electron chi connectivity index (χ4n) is 2.68. The first-order valence-electron chi connectivity index (χ1n) is 6.70. The third-order valence-electron chi connectivity index (χ3n) is 3.60. The zero-order chi connectivity index (χ0) is 14.1. The van der Waals surface area contributed by atoms with E-state index in [1.165, 1.54) is 11.1 Å². The second-order valence-electron chi connectivity index (χ2n) is 5.07. The van der Waals surface area contributed by atoms with Crippen molar-refractivity contribution in [3.05, 3.63) is 47.2 Å². The van der Waals surface area contributed by atoms with Crippen molar-refractivity contribution < 1.29 is 0 Å². The van der Waals surface area contributed by atoms with E-state index in [1.807, 2.05) is 0 Å². The van der Waals surface area contributed by atoms with Gasteiger partial charge >= 0.3 is 0 Å². The molecule has 1 aliphatic heterocycles. The molecule has 1 aromatic carbocycles. The van der Waals surface area contributed by atoms with E-state index in [0.717, 1.165) is 25.1 Å². The van der Waals surface area contributed by atoms with Crippen LogP contribution < -0.4 is 10.6 Å². The van der Waals surface area contributed by atoms with Crippen LogP contribution in [0.2, 0.25) is 0 Å². The van der Waals surface area contributed by atoms with Crippen molar-refractivity contribution in [2.24, 2.45) is 5.73 Å². The third kappa shape index (κ3) is 2.11. The van der Waals surface area contributed by atoms with Crippen molar-refractivity contribution in [1.29, 1.82) is 5.41 Å². The fraction of sp³-hybridized carbons (Fsp3) is 0.267. The zero-order valence-electron chi connectivity index (χ0n) is 11.4. The van der Waals surface area contributed by atoms with Gasteiger partial charge in [-0.1, -0.05) is 17.7 Å². The minimum absolute atomic E-state index is 0.0223.